The Morgan fingerprint density at radius 2 is 1.74 bits per heavy atom. The quantitative estimate of drug-likeness (QED) is 0.505. The van der Waals surface area contributed by atoms with E-state index in [0.717, 1.165) is 0 Å². The van der Waals surface area contributed by atoms with Gasteiger partial charge in [0.1, 0.15) is 17.6 Å². The van der Waals surface area contributed by atoms with Gasteiger partial charge >= 0.3 is 0 Å². The number of rotatable bonds is 10. The summed E-state index contributed by atoms with van der Waals surface area (Å²) in [5.74, 6) is -1.12. The van der Waals surface area contributed by atoms with Crippen molar-refractivity contribution in [3.05, 3.63) is 65.5 Å². The smallest absolute Gasteiger partial charge is 0.256 e. The standard InChI is InChI=1S/C26H32FN3O5/c1-34-17-5-14-28-25(32)23(29-24(31)19-8-10-20(35-2)11-9-19)18-12-15-30(16-13-18)26(33)21-6-3-4-7-22(21)27/h3-4,6-11,18,23H,5,12-17H2,1-2H3,(H,28,32)(H,29,31)/t23-/m1/s1. The summed E-state index contributed by atoms with van der Waals surface area (Å²) in [6.07, 6.45) is 1.65. The van der Waals surface area contributed by atoms with Crippen LogP contribution >= 0.6 is 0 Å². The molecule has 9 heteroatoms. The second-order valence-electron chi connectivity index (χ2n) is 8.43. The number of halogens is 1. The van der Waals surface area contributed by atoms with Crippen molar-refractivity contribution in [2.75, 3.05) is 40.5 Å². The molecule has 8 nitrogen and oxygen atoms in total. The zero-order valence-electron chi connectivity index (χ0n) is 20.1. The molecule has 2 aromatic rings. The topological polar surface area (TPSA) is 97.0 Å². The second kappa shape index (κ2) is 12.9. The van der Waals surface area contributed by atoms with E-state index >= 15 is 0 Å². The number of nitrogens with zero attached hydrogens (tertiary/aromatic N) is 1. The molecule has 0 unspecified atom stereocenters. The van der Waals surface area contributed by atoms with Gasteiger partial charge in [-0.05, 0) is 61.6 Å². The predicted octanol–water partition coefficient (Wildman–Crippen LogP) is 2.64. The number of carbonyl (C=O) groups is 3. The molecule has 35 heavy (non-hydrogen) atoms. The number of hydrogen-bond acceptors (Lipinski definition) is 5. The minimum absolute atomic E-state index is 0.0335. The van der Waals surface area contributed by atoms with Gasteiger partial charge in [0.25, 0.3) is 11.8 Å². The van der Waals surface area contributed by atoms with Crippen molar-refractivity contribution in [2.45, 2.75) is 25.3 Å². The molecule has 1 heterocycles. The van der Waals surface area contributed by atoms with Gasteiger partial charge in [-0.3, -0.25) is 14.4 Å². The average molecular weight is 486 g/mol. The molecular weight excluding hydrogens is 453 g/mol. The van der Waals surface area contributed by atoms with E-state index in [1.165, 1.54) is 12.1 Å². The lowest BCUT2D eigenvalue weighted by atomic mass is 9.88. The fourth-order valence-corrected chi connectivity index (χ4v) is 4.14. The Hall–Kier alpha value is -3.46. The van der Waals surface area contributed by atoms with Crippen LogP contribution in [0.5, 0.6) is 5.75 Å². The first-order valence-corrected chi connectivity index (χ1v) is 11.7. The van der Waals surface area contributed by atoms with Gasteiger partial charge in [0, 0.05) is 38.9 Å². The third-order valence-electron chi connectivity index (χ3n) is 6.15. The first-order valence-electron chi connectivity index (χ1n) is 11.7. The number of carbonyl (C=O) groups excluding carboxylic acids is 3. The van der Waals surface area contributed by atoms with Crippen LogP contribution in [0.3, 0.4) is 0 Å². The van der Waals surface area contributed by atoms with Crippen LogP contribution in [0.15, 0.2) is 48.5 Å². The number of benzene rings is 2. The molecule has 0 aromatic heterocycles. The molecule has 0 saturated carbocycles. The molecular formula is C26H32FN3O5. The highest BCUT2D eigenvalue weighted by molar-refractivity contribution is 5.98. The number of piperidine rings is 1. The monoisotopic (exact) mass is 485 g/mol. The molecule has 188 valence electrons. The Bertz CT molecular complexity index is 1010. The van der Waals surface area contributed by atoms with Crippen molar-refractivity contribution < 1.29 is 28.2 Å². The first kappa shape index (κ1) is 26.2. The molecule has 1 fully saturated rings. The van der Waals surface area contributed by atoms with Gasteiger partial charge in [0.05, 0.1) is 12.7 Å². The lowest BCUT2D eigenvalue weighted by Crippen LogP contribution is -2.54. The van der Waals surface area contributed by atoms with E-state index < -0.39 is 11.9 Å². The molecule has 0 spiro atoms. The average Bonchev–Trinajstić information content (AvgIpc) is 2.89. The number of ether oxygens (including phenoxy) is 2. The van der Waals surface area contributed by atoms with Crippen molar-refractivity contribution >= 4 is 17.7 Å². The Kier molecular flexibility index (Phi) is 9.60. The van der Waals surface area contributed by atoms with E-state index in [2.05, 4.69) is 10.6 Å². The molecule has 2 N–H and O–H groups in total. The minimum Gasteiger partial charge on any atom is -0.497 e. The van der Waals surface area contributed by atoms with E-state index in [1.807, 2.05) is 0 Å². The van der Waals surface area contributed by atoms with Crippen LogP contribution in [0.4, 0.5) is 4.39 Å². The zero-order chi connectivity index (χ0) is 25.2. The summed E-state index contributed by atoms with van der Waals surface area (Å²) in [7, 11) is 3.14. The maximum atomic E-state index is 14.1. The van der Waals surface area contributed by atoms with Gasteiger partial charge < -0.3 is 25.0 Å². The van der Waals surface area contributed by atoms with Crippen LogP contribution in [0.25, 0.3) is 0 Å². The molecule has 1 saturated heterocycles. The van der Waals surface area contributed by atoms with Crippen LogP contribution in [-0.2, 0) is 9.53 Å². The van der Waals surface area contributed by atoms with E-state index in [4.69, 9.17) is 9.47 Å². The molecule has 1 aliphatic rings. The summed E-state index contributed by atoms with van der Waals surface area (Å²) in [6.45, 7) is 1.67. The number of methoxy groups -OCH3 is 2. The Balaban J connectivity index is 1.67. The normalized spacial score (nSPS) is 14.8. The van der Waals surface area contributed by atoms with Gasteiger partial charge in [-0.1, -0.05) is 12.1 Å². The largest absolute Gasteiger partial charge is 0.497 e. The molecule has 0 bridgehead atoms. The summed E-state index contributed by atoms with van der Waals surface area (Å²) < 4.78 is 24.2. The maximum absolute atomic E-state index is 14.1. The predicted molar refractivity (Wildman–Crippen MR) is 129 cm³/mol. The van der Waals surface area contributed by atoms with Gasteiger partial charge in [-0.25, -0.2) is 4.39 Å². The molecule has 1 atom stereocenters. The number of nitrogens with one attached hydrogen (secondary N) is 2. The van der Waals surface area contributed by atoms with Gasteiger partial charge in [-0.15, -0.1) is 0 Å². The first-order chi connectivity index (χ1) is 16.9. The molecule has 0 radical (unpaired) electrons. The van der Waals surface area contributed by atoms with E-state index in [1.54, 1.807) is 55.5 Å². The lowest BCUT2D eigenvalue weighted by molar-refractivity contribution is -0.124. The van der Waals surface area contributed by atoms with Crippen molar-refractivity contribution in [3.8, 4) is 5.75 Å². The highest BCUT2D eigenvalue weighted by Crippen LogP contribution is 2.24. The Labute approximate surface area is 204 Å². The van der Waals surface area contributed by atoms with Crippen molar-refractivity contribution in [1.82, 2.24) is 15.5 Å². The molecule has 1 aliphatic heterocycles. The van der Waals surface area contributed by atoms with Crippen LogP contribution in [0.2, 0.25) is 0 Å². The maximum Gasteiger partial charge on any atom is 0.256 e. The molecule has 0 aliphatic carbocycles. The number of likely N-dealkylation sites (tertiary alicyclic amines) is 1. The Morgan fingerprint density at radius 1 is 1.06 bits per heavy atom. The lowest BCUT2D eigenvalue weighted by Gasteiger charge is -2.36. The van der Waals surface area contributed by atoms with E-state index in [-0.39, 0.29) is 29.2 Å². The molecule has 2 aromatic carbocycles. The van der Waals surface area contributed by atoms with Crippen LogP contribution in [0, 0.1) is 11.7 Å². The number of hydrogen-bond donors (Lipinski definition) is 2. The summed E-state index contributed by atoms with van der Waals surface area (Å²) in [5.41, 5.74) is 0.446. The summed E-state index contributed by atoms with van der Waals surface area (Å²) >= 11 is 0. The summed E-state index contributed by atoms with van der Waals surface area (Å²) in [5, 5.41) is 5.75. The van der Waals surface area contributed by atoms with E-state index in [9.17, 15) is 18.8 Å². The van der Waals surface area contributed by atoms with E-state index in [0.29, 0.717) is 56.8 Å². The summed E-state index contributed by atoms with van der Waals surface area (Å²) in [4.78, 5) is 40.3. The third kappa shape index (κ3) is 7.02. The van der Waals surface area contributed by atoms with Crippen molar-refractivity contribution in [1.29, 1.82) is 0 Å². The Morgan fingerprint density at radius 3 is 2.37 bits per heavy atom. The SMILES string of the molecule is COCCCNC(=O)[C@H](NC(=O)c1ccc(OC)cc1)C1CCN(C(=O)c2ccccc2F)CC1. The van der Waals surface area contributed by atoms with Gasteiger partial charge in [0.2, 0.25) is 5.91 Å². The van der Waals surface area contributed by atoms with Gasteiger partial charge in [0.15, 0.2) is 0 Å². The van der Waals surface area contributed by atoms with Crippen LogP contribution in [0.1, 0.15) is 40.0 Å². The fraction of sp³-hybridized carbons (Fsp3) is 0.423. The highest BCUT2D eigenvalue weighted by atomic mass is 19.1. The van der Waals surface area contributed by atoms with Gasteiger partial charge in [-0.2, -0.15) is 0 Å². The minimum atomic E-state index is -0.766. The van der Waals surface area contributed by atoms with Crippen LogP contribution < -0.4 is 15.4 Å². The molecule has 3 amide bonds. The summed E-state index contributed by atoms with van der Waals surface area (Å²) in [6, 6.07) is 11.8. The number of amides is 3. The highest BCUT2D eigenvalue weighted by Gasteiger charge is 2.34. The van der Waals surface area contributed by atoms with Crippen LogP contribution in [-0.4, -0.2) is 69.1 Å². The van der Waals surface area contributed by atoms with Crippen molar-refractivity contribution in [2.24, 2.45) is 5.92 Å². The fourth-order valence-electron chi connectivity index (χ4n) is 4.14. The zero-order valence-corrected chi connectivity index (χ0v) is 20.1. The third-order valence-corrected chi connectivity index (χ3v) is 6.15. The second-order valence-corrected chi connectivity index (χ2v) is 8.43. The van der Waals surface area contributed by atoms with Crippen molar-refractivity contribution in [3.63, 3.8) is 0 Å². The molecule has 3 rings (SSSR count).